The molecule has 4 nitrogen and oxygen atoms in total. The molecule has 1 fully saturated rings. The second-order valence-corrected chi connectivity index (χ2v) is 7.86. The first-order chi connectivity index (χ1) is 14.2. The van der Waals surface area contributed by atoms with Crippen LogP contribution in [-0.4, -0.2) is 31.1 Å². The van der Waals surface area contributed by atoms with Crippen LogP contribution in [0.15, 0.2) is 57.7 Å². The van der Waals surface area contributed by atoms with Gasteiger partial charge in [0.05, 0.1) is 12.0 Å². The average Bonchev–Trinajstić information content (AvgIpc) is 3.26. The minimum Gasteiger partial charge on any atom is -0.493 e. The van der Waals surface area contributed by atoms with Gasteiger partial charge in [-0.3, -0.25) is 4.79 Å². The quantitative estimate of drug-likeness (QED) is 0.481. The number of nitrogens with zero attached hydrogens (tertiary/aromatic N) is 1. The molecular weight excluding hydrogens is 362 g/mol. The Morgan fingerprint density at radius 1 is 1.00 bits per heavy atom. The fraction of sp³-hybridized carbons (Fsp3) is 0.400. The molecule has 4 rings (SSSR count). The number of likely N-dealkylation sites (tertiary alicyclic amines) is 1. The van der Waals surface area contributed by atoms with Crippen LogP contribution in [0.25, 0.3) is 22.3 Å². The van der Waals surface area contributed by atoms with Crippen LogP contribution in [0.3, 0.4) is 0 Å². The molecule has 3 aromatic rings. The lowest BCUT2D eigenvalue weighted by atomic mass is 10.1. The highest BCUT2D eigenvalue weighted by atomic mass is 16.5. The molecule has 1 aliphatic rings. The lowest BCUT2D eigenvalue weighted by molar-refractivity contribution is 0.289. The van der Waals surface area contributed by atoms with Crippen LogP contribution < -0.4 is 10.2 Å². The van der Waals surface area contributed by atoms with Crippen LogP contribution in [0.2, 0.25) is 0 Å². The van der Waals surface area contributed by atoms with Crippen molar-refractivity contribution < 1.29 is 9.15 Å². The lowest BCUT2D eigenvalue weighted by Gasteiger charge is -2.14. The van der Waals surface area contributed by atoms with E-state index in [-0.39, 0.29) is 5.43 Å². The van der Waals surface area contributed by atoms with E-state index in [1.54, 1.807) is 6.07 Å². The molecule has 1 aromatic heterocycles. The maximum atomic E-state index is 12.6. The molecule has 2 aromatic carbocycles. The molecule has 0 saturated carbocycles. The highest BCUT2D eigenvalue weighted by molar-refractivity contribution is 5.83. The third-order valence-electron chi connectivity index (χ3n) is 5.73. The predicted molar refractivity (Wildman–Crippen MR) is 118 cm³/mol. The molecule has 1 aliphatic heterocycles. The van der Waals surface area contributed by atoms with Gasteiger partial charge in [0.1, 0.15) is 17.1 Å². The zero-order valence-corrected chi connectivity index (χ0v) is 17.2. The Labute approximate surface area is 172 Å². The number of ether oxygens (including phenoxy) is 1. The van der Waals surface area contributed by atoms with Gasteiger partial charge in [0.2, 0.25) is 0 Å². The number of unbranched alkanes of at least 4 members (excludes halogenated alkanes) is 2. The van der Waals surface area contributed by atoms with E-state index in [1.165, 1.54) is 45.3 Å². The van der Waals surface area contributed by atoms with Gasteiger partial charge in [-0.25, -0.2) is 0 Å². The summed E-state index contributed by atoms with van der Waals surface area (Å²) < 4.78 is 12.1. The highest BCUT2D eigenvalue weighted by Crippen LogP contribution is 2.29. The summed E-state index contributed by atoms with van der Waals surface area (Å²) in [5, 5.41) is 0.597. The minimum atomic E-state index is -0.0262. The van der Waals surface area contributed by atoms with Crippen molar-refractivity contribution in [3.8, 4) is 17.1 Å². The molecule has 0 unspecified atom stereocenters. The van der Waals surface area contributed by atoms with Gasteiger partial charge in [-0.05, 0) is 70.8 Å². The predicted octanol–water partition coefficient (Wildman–Crippen LogP) is 5.41. The zero-order valence-electron chi connectivity index (χ0n) is 17.2. The SMILES string of the molecule is Cc1c(OCCCCCN2CCCC2)ccc2c(=O)cc(-c3ccccc3)oc12. The van der Waals surface area contributed by atoms with E-state index in [4.69, 9.17) is 9.15 Å². The number of hydrogen-bond acceptors (Lipinski definition) is 4. The lowest BCUT2D eigenvalue weighted by Crippen LogP contribution is -2.20. The molecule has 0 N–H and O–H groups in total. The van der Waals surface area contributed by atoms with E-state index >= 15 is 0 Å². The molecule has 0 radical (unpaired) electrons. The van der Waals surface area contributed by atoms with Crippen molar-refractivity contribution in [3.63, 3.8) is 0 Å². The smallest absolute Gasteiger partial charge is 0.193 e. The van der Waals surface area contributed by atoms with Crippen molar-refractivity contribution in [1.29, 1.82) is 0 Å². The molecule has 0 amide bonds. The molecule has 152 valence electrons. The van der Waals surface area contributed by atoms with E-state index in [1.807, 2.05) is 49.4 Å². The van der Waals surface area contributed by atoms with Crippen LogP contribution >= 0.6 is 0 Å². The summed E-state index contributed by atoms with van der Waals surface area (Å²) in [6, 6.07) is 15.0. The topological polar surface area (TPSA) is 42.7 Å². The largest absolute Gasteiger partial charge is 0.493 e. The molecule has 29 heavy (non-hydrogen) atoms. The number of aryl methyl sites for hydroxylation is 1. The molecular formula is C25H29NO3. The summed E-state index contributed by atoms with van der Waals surface area (Å²) in [7, 11) is 0. The minimum absolute atomic E-state index is 0.0262. The van der Waals surface area contributed by atoms with Crippen molar-refractivity contribution in [2.75, 3.05) is 26.2 Å². The molecule has 0 bridgehead atoms. The second-order valence-electron chi connectivity index (χ2n) is 7.86. The van der Waals surface area contributed by atoms with E-state index in [0.29, 0.717) is 23.3 Å². The second kappa shape index (κ2) is 9.27. The summed E-state index contributed by atoms with van der Waals surface area (Å²) in [5.41, 5.74) is 2.37. The summed E-state index contributed by atoms with van der Waals surface area (Å²) in [4.78, 5) is 15.1. The van der Waals surface area contributed by atoms with E-state index in [0.717, 1.165) is 23.3 Å². The first-order valence-corrected chi connectivity index (χ1v) is 10.7. The van der Waals surface area contributed by atoms with Gasteiger partial charge in [-0.15, -0.1) is 0 Å². The third-order valence-corrected chi connectivity index (χ3v) is 5.73. The molecule has 0 aliphatic carbocycles. The summed E-state index contributed by atoms with van der Waals surface area (Å²) >= 11 is 0. The van der Waals surface area contributed by atoms with Crippen molar-refractivity contribution in [2.24, 2.45) is 0 Å². The van der Waals surface area contributed by atoms with E-state index in [2.05, 4.69) is 4.90 Å². The zero-order chi connectivity index (χ0) is 20.1. The third kappa shape index (κ3) is 4.70. The number of hydrogen-bond donors (Lipinski definition) is 0. The standard InChI is InChI=1S/C25H29NO3/c1-19-23(28-17-9-3-6-14-26-15-7-8-16-26)13-12-21-22(27)18-24(29-25(19)21)20-10-4-2-5-11-20/h2,4-5,10-13,18H,3,6-9,14-17H2,1H3. The van der Waals surface area contributed by atoms with E-state index in [9.17, 15) is 4.79 Å². The van der Waals surface area contributed by atoms with Crippen LogP contribution in [0.5, 0.6) is 5.75 Å². The number of fused-ring (bicyclic) bond motifs is 1. The van der Waals surface area contributed by atoms with Gasteiger partial charge in [0.25, 0.3) is 0 Å². The fourth-order valence-corrected chi connectivity index (χ4v) is 4.04. The molecule has 1 saturated heterocycles. The highest BCUT2D eigenvalue weighted by Gasteiger charge is 2.13. The van der Waals surface area contributed by atoms with Crippen molar-refractivity contribution in [1.82, 2.24) is 4.90 Å². The maximum absolute atomic E-state index is 12.6. The Morgan fingerprint density at radius 2 is 1.79 bits per heavy atom. The first-order valence-electron chi connectivity index (χ1n) is 10.7. The van der Waals surface area contributed by atoms with Crippen molar-refractivity contribution in [2.45, 2.75) is 39.0 Å². The van der Waals surface area contributed by atoms with Gasteiger partial charge in [-0.2, -0.15) is 0 Å². The van der Waals surface area contributed by atoms with Gasteiger partial charge >= 0.3 is 0 Å². The Hall–Kier alpha value is -2.59. The maximum Gasteiger partial charge on any atom is 0.193 e. The van der Waals surface area contributed by atoms with Gasteiger partial charge in [-0.1, -0.05) is 30.3 Å². The van der Waals surface area contributed by atoms with Crippen LogP contribution in [0.1, 0.15) is 37.7 Å². The first kappa shape index (κ1) is 19.7. The summed E-state index contributed by atoms with van der Waals surface area (Å²) in [6.45, 7) is 6.39. The van der Waals surface area contributed by atoms with Crippen LogP contribution in [-0.2, 0) is 0 Å². The Balaban J connectivity index is 1.42. The molecule has 2 heterocycles. The van der Waals surface area contributed by atoms with Crippen LogP contribution in [0, 0.1) is 6.92 Å². The van der Waals surface area contributed by atoms with Crippen molar-refractivity contribution in [3.05, 3.63) is 64.3 Å². The monoisotopic (exact) mass is 391 g/mol. The van der Waals surface area contributed by atoms with Gasteiger partial charge < -0.3 is 14.1 Å². The van der Waals surface area contributed by atoms with Gasteiger partial charge in [0, 0.05) is 17.2 Å². The Kier molecular flexibility index (Phi) is 6.30. The van der Waals surface area contributed by atoms with Crippen molar-refractivity contribution >= 4 is 11.0 Å². The molecule has 4 heteroatoms. The van der Waals surface area contributed by atoms with Crippen LogP contribution in [0.4, 0.5) is 0 Å². The Bertz CT molecular complexity index is 1000. The van der Waals surface area contributed by atoms with Gasteiger partial charge in [0.15, 0.2) is 5.43 Å². The number of rotatable bonds is 8. The normalized spacial score (nSPS) is 14.5. The Morgan fingerprint density at radius 3 is 2.59 bits per heavy atom. The average molecular weight is 392 g/mol. The molecule has 0 spiro atoms. The summed E-state index contributed by atoms with van der Waals surface area (Å²) in [5.74, 6) is 1.38. The van der Waals surface area contributed by atoms with E-state index < -0.39 is 0 Å². The molecule has 0 atom stereocenters. The fourth-order valence-electron chi connectivity index (χ4n) is 4.04. The summed E-state index contributed by atoms with van der Waals surface area (Å²) in [6.07, 6.45) is 6.16. The number of benzene rings is 2.